The van der Waals surface area contributed by atoms with E-state index in [1.807, 2.05) is 18.4 Å². The molecule has 0 saturated heterocycles. The van der Waals surface area contributed by atoms with E-state index in [0.717, 1.165) is 4.90 Å². The predicted molar refractivity (Wildman–Crippen MR) is 75.3 cm³/mol. The van der Waals surface area contributed by atoms with Gasteiger partial charge < -0.3 is 15.2 Å². The normalized spacial score (nSPS) is 13.4. The number of ether oxygens (including phenoxy) is 1. The molecule has 0 aliphatic heterocycles. The molecule has 0 aromatic carbocycles. The zero-order valence-electron chi connectivity index (χ0n) is 11.4. The Morgan fingerprint density at radius 3 is 2.83 bits per heavy atom. The van der Waals surface area contributed by atoms with E-state index >= 15 is 0 Å². The van der Waals surface area contributed by atoms with Gasteiger partial charge in [-0.15, -0.1) is 11.8 Å². The van der Waals surface area contributed by atoms with E-state index in [9.17, 15) is 5.11 Å². The highest BCUT2D eigenvalue weighted by molar-refractivity contribution is 7.98. The van der Waals surface area contributed by atoms with Gasteiger partial charge in [-0.3, -0.25) is 0 Å². The van der Waals surface area contributed by atoms with Crippen LogP contribution in [-0.2, 0) is 0 Å². The number of hydrogen-bond acceptors (Lipinski definition) is 5. The molecule has 0 fully saturated rings. The lowest BCUT2D eigenvalue weighted by molar-refractivity contribution is 0.0962. The lowest BCUT2D eigenvalue weighted by Crippen LogP contribution is -2.42. The molecule has 1 aromatic rings. The van der Waals surface area contributed by atoms with Crippen molar-refractivity contribution in [2.45, 2.75) is 37.3 Å². The summed E-state index contributed by atoms with van der Waals surface area (Å²) in [6, 6.07) is 3.82. The van der Waals surface area contributed by atoms with Gasteiger partial charge in [-0.1, -0.05) is 0 Å². The Hall–Kier alpha value is -0.780. The monoisotopic (exact) mass is 270 g/mol. The first-order chi connectivity index (χ1) is 8.42. The summed E-state index contributed by atoms with van der Waals surface area (Å²) in [5, 5.41) is 13.0. The summed E-state index contributed by atoms with van der Waals surface area (Å²) in [5.74, 6) is 0.583. The highest BCUT2D eigenvalue weighted by atomic mass is 32.2. The van der Waals surface area contributed by atoms with Gasteiger partial charge in [0.2, 0.25) is 5.88 Å². The van der Waals surface area contributed by atoms with Crippen molar-refractivity contribution in [2.24, 2.45) is 0 Å². The molecule has 18 heavy (non-hydrogen) atoms. The second-order valence-corrected chi connectivity index (χ2v) is 5.95. The molecular weight excluding hydrogens is 248 g/mol. The van der Waals surface area contributed by atoms with E-state index in [-0.39, 0.29) is 12.1 Å². The van der Waals surface area contributed by atoms with E-state index in [1.165, 1.54) is 0 Å². The topological polar surface area (TPSA) is 54.4 Å². The molecule has 102 valence electrons. The molecule has 0 bridgehead atoms. The summed E-state index contributed by atoms with van der Waals surface area (Å²) in [5.41, 5.74) is -0.00356. The average molecular weight is 270 g/mol. The summed E-state index contributed by atoms with van der Waals surface area (Å²) in [6.45, 7) is 6.93. The van der Waals surface area contributed by atoms with Crippen LogP contribution < -0.4 is 10.1 Å². The molecule has 0 amide bonds. The molecular formula is C13H22N2O2S. The maximum Gasteiger partial charge on any atom is 0.227 e. The van der Waals surface area contributed by atoms with Gasteiger partial charge in [0.05, 0.1) is 4.90 Å². The number of thioether (sulfide) groups is 1. The van der Waals surface area contributed by atoms with Crippen LogP contribution in [0.2, 0.25) is 0 Å². The maximum absolute atomic E-state index is 9.82. The molecule has 1 rings (SSSR count). The standard InChI is InChI=1S/C13H22N2O2S/c1-13(2,3)15-8-10(16)9-17-12-11(18-4)6-5-7-14-12/h5-7,10,15-16H,8-9H2,1-4H3/t10-/m0/s1. The Labute approximate surface area is 113 Å². The molecule has 0 aliphatic carbocycles. The van der Waals surface area contributed by atoms with E-state index < -0.39 is 6.10 Å². The fourth-order valence-corrected chi connectivity index (χ4v) is 1.80. The van der Waals surface area contributed by atoms with Crippen molar-refractivity contribution in [1.29, 1.82) is 0 Å². The van der Waals surface area contributed by atoms with Gasteiger partial charge >= 0.3 is 0 Å². The Bertz CT molecular complexity index is 366. The van der Waals surface area contributed by atoms with Crippen molar-refractivity contribution in [1.82, 2.24) is 10.3 Å². The zero-order chi connectivity index (χ0) is 13.6. The lowest BCUT2D eigenvalue weighted by atomic mass is 10.1. The fourth-order valence-electron chi connectivity index (χ4n) is 1.30. The van der Waals surface area contributed by atoms with Crippen molar-refractivity contribution < 1.29 is 9.84 Å². The van der Waals surface area contributed by atoms with Crippen molar-refractivity contribution in [3.8, 4) is 5.88 Å². The zero-order valence-corrected chi connectivity index (χ0v) is 12.3. The number of aliphatic hydroxyl groups excluding tert-OH is 1. The molecule has 1 heterocycles. The molecule has 2 N–H and O–H groups in total. The molecule has 0 spiro atoms. The summed E-state index contributed by atoms with van der Waals surface area (Å²) in [6.07, 6.45) is 3.12. The number of aliphatic hydroxyl groups is 1. The summed E-state index contributed by atoms with van der Waals surface area (Å²) < 4.78 is 5.53. The highest BCUT2D eigenvalue weighted by Crippen LogP contribution is 2.24. The number of nitrogens with one attached hydrogen (secondary N) is 1. The average Bonchev–Trinajstić information content (AvgIpc) is 2.33. The molecule has 0 radical (unpaired) electrons. The van der Waals surface area contributed by atoms with Crippen molar-refractivity contribution in [3.63, 3.8) is 0 Å². The number of β-amino-alcohol motifs (C(OH)–C–C–N with tert-alkyl or cyclic N) is 1. The number of hydrogen-bond donors (Lipinski definition) is 2. The minimum atomic E-state index is -0.541. The van der Waals surface area contributed by atoms with Gasteiger partial charge in [0, 0.05) is 18.3 Å². The van der Waals surface area contributed by atoms with E-state index in [4.69, 9.17) is 4.74 Å². The Balaban J connectivity index is 2.40. The Morgan fingerprint density at radius 1 is 1.50 bits per heavy atom. The van der Waals surface area contributed by atoms with Gasteiger partial charge in [-0.25, -0.2) is 4.98 Å². The quantitative estimate of drug-likeness (QED) is 0.774. The van der Waals surface area contributed by atoms with Crippen molar-refractivity contribution in [3.05, 3.63) is 18.3 Å². The third-order valence-electron chi connectivity index (χ3n) is 2.24. The smallest absolute Gasteiger partial charge is 0.227 e. The van der Waals surface area contributed by atoms with Gasteiger partial charge in [0.15, 0.2) is 0 Å². The SMILES string of the molecule is CSc1cccnc1OC[C@@H](O)CNC(C)(C)C. The van der Waals surface area contributed by atoms with Crippen LogP contribution in [0.3, 0.4) is 0 Å². The van der Waals surface area contributed by atoms with Crippen molar-refractivity contribution >= 4 is 11.8 Å². The van der Waals surface area contributed by atoms with Crippen LogP contribution in [0, 0.1) is 0 Å². The second-order valence-electron chi connectivity index (χ2n) is 5.11. The molecule has 4 nitrogen and oxygen atoms in total. The highest BCUT2D eigenvalue weighted by Gasteiger charge is 2.13. The van der Waals surface area contributed by atoms with Crippen LogP contribution in [0.1, 0.15) is 20.8 Å². The third kappa shape index (κ3) is 5.71. The van der Waals surface area contributed by atoms with Crippen molar-refractivity contribution in [2.75, 3.05) is 19.4 Å². The molecule has 1 atom stereocenters. The molecule has 0 saturated carbocycles. The number of pyridine rings is 1. The summed E-state index contributed by atoms with van der Waals surface area (Å²) in [7, 11) is 0. The van der Waals surface area contributed by atoms with E-state index in [2.05, 4.69) is 31.1 Å². The predicted octanol–water partition coefficient (Wildman–Crippen LogP) is 1.93. The van der Waals surface area contributed by atoms with Crippen LogP contribution in [0.25, 0.3) is 0 Å². The van der Waals surface area contributed by atoms with Gasteiger partial charge in [-0.05, 0) is 39.2 Å². The fraction of sp³-hybridized carbons (Fsp3) is 0.615. The molecule has 0 unspecified atom stereocenters. The largest absolute Gasteiger partial charge is 0.474 e. The maximum atomic E-state index is 9.82. The number of rotatable bonds is 6. The first-order valence-corrected chi connectivity index (χ1v) is 7.20. The molecule has 5 heteroatoms. The van der Waals surface area contributed by atoms with Crippen LogP contribution in [0.5, 0.6) is 5.88 Å². The second kappa shape index (κ2) is 6.97. The van der Waals surface area contributed by atoms with E-state index in [1.54, 1.807) is 18.0 Å². The Kier molecular flexibility index (Phi) is 5.91. The Morgan fingerprint density at radius 2 is 2.22 bits per heavy atom. The minimum absolute atomic E-state index is 0.00356. The van der Waals surface area contributed by atoms with Crippen LogP contribution >= 0.6 is 11.8 Å². The summed E-state index contributed by atoms with van der Waals surface area (Å²) >= 11 is 1.58. The third-order valence-corrected chi connectivity index (χ3v) is 2.99. The number of nitrogens with zero attached hydrogens (tertiary/aromatic N) is 1. The van der Waals surface area contributed by atoms with Crippen LogP contribution in [0.4, 0.5) is 0 Å². The van der Waals surface area contributed by atoms with Crippen LogP contribution in [-0.4, -0.2) is 41.1 Å². The summed E-state index contributed by atoms with van der Waals surface area (Å²) in [4.78, 5) is 5.14. The minimum Gasteiger partial charge on any atom is -0.474 e. The first kappa shape index (κ1) is 15.3. The van der Waals surface area contributed by atoms with Gasteiger partial charge in [0.25, 0.3) is 0 Å². The molecule has 0 aliphatic rings. The lowest BCUT2D eigenvalue weighted by Gasteiger charge is -2.23. The molecule has 1 aromatic heterocycles. The number of aromatic nitrogens is 1. The first-order valence-electron chi connectivity index (χ1n) is 5.97. The van der Waals surface area contributed by atoms with Gasteiger partial charge in [0.1, 0.15) is 12.7 Å². The van der Waals surface area contributed by atoms with Crippen LogP contribution in [0.15, 0.2) is 23.2 Å². The van der Waals surface area contributed by atoms with Gasteiger partial charge in [-0.2, -0.15) is 0 Å². The van der Waals surface area contributed by atoms with E-state index in [0.29, 0.717) is 12.4 Å².